The van der Waals surface area contributed by atoms with Gasteiger partial charge >= 0.3 is 0 Å². The van der Waals surface area contributed by atoms with Gasteiger partial charge in [0, 0.05) is 37.9 Å². The smallest absolute Gasteiger partial charge is 0.255 e. The Kier molecular flexibility index (Phi) is 3.27. The predicted molar refractivity (Wildman–Crippen MR) is 70.6 cm³/mol. The molecule has 5 nitrogen and oxygen atoms in total. The molecule has 2 aromatic heterocycles. The van der Waals surface area contributed by atoms with E-state index in [1.807, 2.05) is 27.9 Å². The number of rotatable bonds is 2. The van der Waals surface area contributed by atoms with Crippen LogP contribution in [0.4, 0.5) is 0 Å². The fourth-order valence-corrected chi connectivity index (χ4v) is 2.50. The van der Waals surface area contributed by atoms with Crippen molar-refractivity contribution in [3.8, 4) is 0 Å². The monoisotopic (exact) mass is 256 g/mol. The summed E-state index contributed by atoms with van der Waals surface area (Å²) < 4.78 is 1.99. The molecule has 0 aromatic carbocycles. The van der Waals surface area contributed by atoms with E-state index in [4.69, 9.17) is 0 Å². The van der Waals surface area contributed by atoms with Crippen LogP contribution in [0.3, 0.4) is 0 Å². The number of amides is 1. The number of piperidine rings is 1. The summed E-state index contributed by atoms with van der Waals surface area (Å²) in [5.41, 5.74) is 0.667. The van der Waals surface area contributed by atoms with Crippen molar-refractivity contribution in [1.29, 1.82) is 0 Å². The molecule has 0 spiro atoms. The highest BCUT2D eigenvalue weighted by molar-refractivity contribution is 5.93. The Morgan fingerprint density at radius 3 is 2.68 bits per heavy atom. The van der Waals surface area contributed by atoms with Gasteiger partial charge in [-0.25, -0.2) is 0 Å². The highest BCUT2D eigenvalue weighted by Gasteiger charge is 2.24. The maximum atomic E-state index is 12.3. The standard InChI is InChI=1S/C14H16N4O/c19-14(12-3-1-6-15-11-12)17-9-4-13(5-10-17)18-8-2-7-16-18/h1-3,6-8,11,13H,4-5,9-10H2. The average Bonchev–Trinajstić information content (AvgIpc) is 3.02. The van der Waals surface area contributed by atoms with Gasteiger partial charge < -0.3 is 4.90 Å². The van der Waals surface area contributed by atoms with Crippen LogP contribution in [0.1, 0.15) is 29.2 Å². The van der Waals surface area contributed by atoms with Gasteiger partial charge in [-0.3, -0.25) is 14.5 Å². The quantitative estimate of drug-likeness (QED) is 0.822. The summed E-state index contributed by atoms with van der Waals surface area (Å²) in [6.07, 6.45) is 9.00. The Hall–Kier alpha value is -2.17. The summed E-state index contributed by atoms with van der Waals surface area (Å²) in [5, 5.41) is 4.27. The molecule has 1 aliphatic heterocycles. The van der Waals surface area contributed by atoms with Gasteiger partial charge in [0.15, 0.2) is 0 Å². The summed E-state index contributed by atoms with van der Waals surface area (Å²) >= 11 is 0. The molecule has 1 saturated heterocycles. The molecule has 1 fully saturated rings. The van der Waals surface area contributed by atoms with E-state index in [1.165, 1.54) is 0 Å². The molecule has 1 aliphatic rings. The number of carbonyl (C=O) groups excluding carboxylic acids is 1. The van der Waals surface area contributed by atoms with E-state index in [0.29, 0.717) is 11.6 Å². The van der Waals surface area contributed by atoms with Crippen LogP contribution in [0, 0.1) is 0 Å². The van der Waals surface area contributed by atoms with E-state index >= 15 is 0 Å². The zero-order valence-electron chi connectivity index (χ0n) is 10.6. The molecule has 0 bridgehead atoms. The first-order chi connectivity index (χ1) is 9.34. The summed E-state index contributed by atoms with van der Waals surface area (Å²) in [4.78, 5) is 18.2. The zero-order valence-corrected chi connectivity index (χ0v) is 10.6. The number of aromatic nitrogens is 3. The Morgan fingerprint density at radius 1 is 1.21 bits per heavy atom. The molecule has 5 heteroatoms. The Bertz CT molecular complexity index is 530. The maximum Gasteiger partial charge on any atom is 0.255 e. The van der Waals surface area contributed by atoms with Crippen LogP contribution in [-0.4, -0.2) is 38.7 Å². The molecular formula is C14H16N4O. The van der Waals surface area contributed by atoms with E-state index in [2.05, 4.69) is 10.1 Å². The lowest BCUT2D eigenvalue weighted by Gasteiger charge is -2.32. The van der Waals surface area contributed by atoms with Crippen molar-refractivity contribution >= 4 is 5.91 Å². The lowest BCUT2D eigenvalue weighted by molar-refractivity contribution is 0.0689. The molecule has 0 radical (unpaired) electrons. The topological polar surface area (TPSA) is 51.0 Å². The third kappa shape index (κ3) is 2.50. The molecule has 19 heavy (non-hydrogen) atoms. The van der Waals surface area contributed by atoms with Crippen LogP contribution in [0.2, 0.25) is 0 Å². The average molecular weight is 256 g/mol. The lowest BCUT2D eigenvalue weighted by atomic mass is 10.0. The number of hydrogen-bond donors (Lipinski definition) is 0. The van der Waals surface area contributed by atoms with E-state index in [1.54, 1.807) is 24.7 Å². The van der Waals surface area contributed by atoms with Crippen molar-refractivity contribution in [1.82, 2.24) is 19.7 Å². The minimum atomic E-state index is 0.0759. The van der Waals surface area contributed by atoms with Crippen LogP contribution in [0.25, 0.3) is 0 Å². The van der Waals surface area contributed by atoms with Crippen molar-refractivity contribution in [2.24, 2.45) is 0 Å². The molecule has 3 heterocycles. The molecule has 1 amide bonds. The van der Waals surface area contributed by atoms with Crippen molar-refractivity contribution < 1.29 is 4.79 Å². The van der Waals surface area contributed by atoms with Gasteiger partial charge in [0.2, 0.25) is 0 Å². The van der Waals surface area contributed by atoms with E-state index in [-0.39, 0.29) is 5.91 Å². The number of likely N-dealkylation sites (tertiary alicyclic amines) is 1. The van der Waals surface area contributed by atoms with Crippen LogP contribution >= 0.6 is 0 Å². The van der Waals surface area contributed by atoms with Crippen LogP contribution < -0.4 is 0 Å². The van der Waals surface area contributed by atoms with Gasteiger partial charge in [-0.1, -0.05) is 0 Å². The second-order valence-electron chi connectivity index (χ2n) is 4.75. The van der Waals surface area contributed by atoms with E-state index in [9.17, 15) is 4.79 Å². The third-order valence-corrected chi connectivity index (χ3v) is 3.56. The highest BCUT2D eigenvalue weighted by atomic mass is 16.2. The predicted octanol–water partition coefficient (Wildman–Crippen LogP) is 1.76. The number of hydrogen-bond acceptors (Lipinski definition) is 3. The largest absolute Gasteiger partial charge is 0.338 e. The molecule has 0 atom stereocenters. The maximum absolute atomic E-state index is 12.3. The second-order valence-corrected chi connectivity index (χ2v) is 4.75. The summed E-state index contributed by atoms with van der Waals surface area (Å²) in [5.74, 6) is 0.0759. The fraction of sp³-hybridized carbons (Fsp3) is 0.357. The first kappa shape index (κ1) is 11.9. The van der Waals surface area contributed by atoms with Gasteiger partial charge in [-0.05, 0) is 31.0 Å². The summed E-state index contributed by atoms with van der Waals surface area (Å²) in [6.45, 7) is 1.55. The van der Waals surface area contributed by atoms with E-state index in [0.717, 1.165) is 25.9 Å². The van der Waals surface area contributed by atoms with Crippen LogP contribution in [0.15, 0.2) is 43.0 Å². The highest BCUT2D eigenvalue weighted by Crippen LogP contribution is 2.22. The molecule has 98 valence electrons. The molecule has 2 aromatic rings. The zero-order chi connectivity index (χ0) is 13.1. The van der Waals surface area contributed by atoms with Crippen molar-refractivity contribution in [2.45, 2.75) is 18.9 Å². The first-order valence-corrected chi connectivity index (χ1v) is 6.53. The van der Waals surface area contributed by atoms with Crippen LogP contribution in [-0.2, 0) is 0 Å². The third-order valence-electron chi connectivity index (χ3n) is 3.56. The van der Waals surface area contributed by atoms with Crippen LogP contribution in [0.5, 0.6) is 0 Å². The minimum Gasteiger partial charge on any atom is -0.338 e. The van der Waals surface area contributed by atoms with Gasteiger partial charge in [0.1, 0.15) is 0 Å². The van der Waals surface area contributed by atoms with E-state index < -0.39 is 0 Å². The summed E-state index contributed by atoms with van der Waals surface area (Å²) in [7, 11) is 0. The number of carbonyl (C=O) groups is 1. The Labute approximate surface area is 111 Å². The molecule has 0 N–H and O–H groups in total. The van der Waals surface area contributed by atoms with Crippen molar-refractivity contribution in [3.63, 3.8) is 0 Å². The first-order valence-electron chi connectivity index (χ1n) is 6.53. The molecule has 3 rings (SSSR count). The summed E-state index contributed by atoms with van der Waals surface area (Å²) in [6, 6.07) is 5.96. The van der Waals surface area contributed by atoms with Gasteiger partial charge in [-0.2, -0.15) is 5.10 Å². The minimum absolute atomic E-state index is 0.0759. The normalized spacial score (nSPS) is 16.5. The number of pyridine rings is 1. The second kappa shape index (κ2) is 5.22. The molecule has 0 aliphatic carbocycles. The van der Waals surface area contributed by atoms with Gasteiger partial charge in [0.05, 0.1) is 11.6 Å². The molecule has 0 saturated carbocycles. The molecular weight excluding hydrogens is 240 g/mol. The van der Waals surface area contributed by atoms with Gasteiger partial charge in [0.25, 0.3) is 5.91 Å². The lowest BCUT2D eigenvalue weighted by Crippen LogP contribution is -2.39. The number of nitrogens with zero attached hydrogens (tertiary/aromatic N) is 4. The molecule has 0 unspecified atom stereocenters. The SMILES string of the molecule is O=C(c1cccnc1)N1CCC(n2cccn2)CC1. The Morgan fingerprint density at radius 2 is 2.05 bits per heavy atom. The Balaban J connectivity index is 1.63. The fourth-order valence-electron chi connectivity index (χ4n) is 2.50. The van der Waals surface area contributed by atoms with Crippen molar-refractivity contribution in [2.75, 3.05) is 13.1 Å². The van der Waals surface area contributed by atoms with Gasteiger partial charge in [-0.15, -0.1) is 0 Å². The van der Waals surface area contributed by atoms with Crippen molar-refractivity contribution in [3.05, 3.63) is 48.5 Å².